The number of carboxylic acids is 1. The molecule has 8 nitrogen and oxygen atoms in total. The number of carbonyl (C=O) groups excluding carboxylic acids is 1. The minimum atomic E-state index is -1.02. The lowest BCUT2D eigenvalue weighted by molar-refractivity contribution is 0.0139. The van der Waals surface area contributed by atoms with E-state index < -0.39 is 11.6 Å². The number of aromatic carboxylic acids is 1. The highest BCUT2D eigenvalue weighted by Gasteiger charge is 2.26. The fraction of sp³-hybridized carbons (Fsp3) is 0.667. The van der Waals surface area contributed by atoms with E-state index in [1.807, 2.05) is 20.8 Å². The van der Waals surface area contributed by atoms with Crippen molar-refractivity contribution in [2.24, 2.45) is 7.05 Å². The van der Waals surface area contributed by atoms with Gasteiger partial charge >= 0.3 is 12.1 Å². The van der Waals surface area contributed by atoms with Crippen molar-refractivity contribution < 1.29 is 19.4 Å². The number of aryl methyl sites for hydroxylation is 1. The minimum Gasteiger partial charge on any atom is -0.476 e. The van der Waals surface area contributed by atoms with Gasteiger partial charge < -0.3 is 14.7 Å². The van der Waals surface area contributed by atoms with E-state index in [1.165, 1.54) is 4.68 Å². The first-order valence-electron chi connectivity index (χ1n) is 7.62. The van der Waals surface area contributed by atoms with Crippen molar-refractivity contribution in [3.8, 4) is 0 Å². The van der Waals surface area contributed by atoms with Crippen LogP contribution >= 0.6 is 0 Å². The molecule has 128 valence electrons. The smallest absolute Gasteiger partial charge is 0.410 e. The van der Waals surface area contributed by atoms with Crippen molar-refractivity contribution in [1.82, 2.24) is 19.6 Å². The highest BCUT2D eigenvalue weighted by atomic mass is 16.6. The Morgan fingerprint density at radius 3 is 2.39 bits per heavy atom. The van der Waals surface area contributed by atoms with Crippen LogP contribution in [-0.4, -0.2) is 68.5 Å². The Bertz CT molecular complexity index is 583. The number of piperazine rings is 1. The van der Waals surface area contributed by atoms with Crippen LogP contribution in [0.15, 0.2) is 6.20 Å². The topological polar surface area (TPSA) is 87.9 Å². The molecule has 0 aliphatic carbocycles. The van der Waals surface area contributed by atoms with Crippen molar-refractivity contribution in [2.75, 3.05) is 26.2 Å². The third kappa shape index (κ3) is 4.69. The van der Waals surface area contributed by atoms with Gasteiger partial charge in [-0.25, -0.2) is 9.59 Å². The average molecular weight is 324 g/mol. The van der Waals surface area contributed by atoms with Crippen molar-refractivity contribution in [1.29, 1.82) is 0 Å². The highest BCUT2D eigenvalue weighted by Crippen LogP contribution is 2.15. The zero-order chi connectivity index (χ0) is 17.2. The van der Waals surface area contributed by atoms with Crippen LogP contribution in [0.2, 0.25) is 0 Å². The van der Waals surface area contributed by atoms with Gasteiger partial charge in [0.05, 0.1) is 0 Å². The number of aromatic nitrogens is 2. The largest absolute Gasteiger partial charge is 0.476 e. The normalized spacial score (nSPS) is 16.4. The predicted octanol–water partition coefficient (Wildman–Crippen LogP) is 1.17. The number of hydrogen-bond donors (Lipinski definition) is 1. The molecule has 1 amide bonds. The van der Waals surface area contributed by atoms with Crippen LogP contribution in [0, 0.1) is 0 Å². The maximum Gasteiger partial charge on any atom is 0.410 e. The molecule has 0 saturated carbocycles. The molecule has 1 aliphatic heterocycles. The predicted molar refractivity (Wildman–Crippen MR) is 83.3 cm³/mol. The van der Waals surface area contributed by atoms with Gasteiger partial charge in [-0.1, -0.05) is 0 Å². The number of ether oxygens (including phenoxy) is 1. The van der Waals surface area contributed by atoms with Crippen LogP contribution in [0.3, 0.4) is 0 Å². The van der Waals surface area contributed by atoms with E-state index in [9.17, 15) is 9.59 Å². The maximum absolute atomic E-state index is 12.0. The lowest BCUT2D eigenvalue weighted by atomic mass is 10.2. The molecule has 0 radical (unpaired) electrons. The number of rotatable bonds is 3. The minimum absolute atomic E-state index is 0.0853. The van der Waals surface area contributed by atoms with Gasteiger partial charge in [0.2, 0.25) is 0 Å². The third-order valence-corrected chi connectivity index (χ3v) is 3.53. The molecule has 1 aromatic rings. The summed E-state index contributed by atoms with van der Waals surface area (Å²) in [6, 6.07) is 0. The summed E-state index contributed by atoms with van der Waals surface area (Å²) in [6.07, 6.45) is 1.42. The summed E-state index contributed by atoms with van der Waals surface area (Å²) in [4.78, 5) is 27.0. The van der Waals surface area contributed by atoms with E-state index >= 15 is 0 Å². The monoisotopic (exact) mass is 324 g/mol. The number of carboxylic acid groups (broad SMARTS) is 1. The van der Waals surface area contributed by atoms with Gasteiger partial charge in [0.25, 0.3) is 0 Å². The summed E-state index contributed by atoms with van der Waals surface area (Å²) in [5.74, 6) is -1.02. The number of carbonyl (C=O) groups is 2. The van der Waals surface area contributed by atoms with Crippen LogP contribution in [0.4, 0.5) is 4.79 Å². The first-order chi connectivity index (χ1) is 10.7. The first-order valence-corrected chi connectivity index (χ1v) is 7.62. The lowest BCUT2D eigenvalue weighted by Gasteiger charge is -2.35. The van der Waals surface area contributed by atoms with Crippen molar-refractivity contribution in [2.45, 2.75) is 32.9 Å². The van der Waals surface area contributed by atoms with Crippen LogP contribution in [0.25, 0.3) is 0 Å². The van der Waals surface area contributed by atoms with E-state index in [1.54, 1.807) is 18.1 Å². The number of hydrogen-bond acceptors (Lipinski definition) is 5. The van der Waals surface area contributed by atoms with E-state index in [0.717, 1.165) is 0 Å². The molecule has 0 spiro atoms. The van der Waals surface area contributed by atoms with Crippen molar-refractivity contribution >= 4 is 12.1 Å². The molecule has 0 bridgehead atoms. The SMILES string of the molecule is Cn1cc(CN2CCN(C(=O)OC(C)(C)C)CC2)c(C(=O)O)n1. The van der Waals surface area contributed by atoms with Gasteiger partial charge in [-0.05, 0) is 20.8 Å². The summed E-state index contributed by atoms with van der Waals surface area (Å²) in [7, 11) is 1.70. The summed E-state index contributed by atoms with van der Waals surface area (Å²) in [6.45, 7) is 8.53. The molecule has 23 heavy (non-hydrogen) atoms. The van der Waals surface area contributed by atoms with Gasteiger partial charge in [-0.3, -0.25) is 9.58 Å². The van der Waals surface area contributed by atoms with Crippen molar-refractivity contribution in [3.63, 3.8) is 0 Å². The Labute approximate surface area is 135 Å². The Morgan fingerprint density at radius 1 is 1.26 bits per heavy atom. The Hall–Kier alpha value is -2.09. The summed E-state index contributed by atoms with van der Waals surface area (Å²) in [5, 5.41) is 13.1. The summed E-state index contributed by atoms with van der Waals surface area (Å²) >= 11 is 0. The van der Waals surface area contributed by atoms with Crippen LogP contribution in [0.5, 0.6) is 0 Å². The van der Waals surface area contributed by atoms with Gasteiger partial charge in [-0.15, -0.1) is 0 Å². The molecule has 0 unspecified atom stereocenters. The summed E-state index contributed by atoms with van der Waals surface area (Å²) in [5.41, 5.74) is 0.271. The van der Waals surface area contributed by atoms with E-state index in [-0.39, 0.29) is 11.8 Å². The molecule has 8 heteroatoms. The molecule has 1 saturated heterocycles. The second kappa shape index (κ2) is 6.57. The van der Waals surface area contributed by atoms with Gasteiger partial charge in [0, 0.05) is 51.5 Å². The molecule has 2 rings (SSSR count). The number of nitrogens with zero attached hydrogens (tertiary/aromatic N) is 4. The Kier molecular flexibility index (Phi) is 4.93. The Morgan fingerprint density at radius 2 is 1.87 bits per heavy atom. The molecule has 0 aromatic carbocycles. The van der Waals surface area contributed by atoms with E-state index in [4.69, 9.17) is 9.84 Å². The molecule has 0 atom stereocenters. The molecule has 1 fully saturated rings. The van der Waals surface area contributed by atoms with Gasteiger partial charge in [0.15, 0.2) is 5.69 Å². The third-order valence-electron chi connectivity index (χ3n) is 3.53. The zero-order valence-corrected chi connectivity index (χ0v) is 14.1. The second-order valence-corrected chi connectivity index (χ2v) is 6.73. The Balaban J connectivity index is 1.90. The summed E-state index contributed by atoms with van der Waals surface area (Å²) < 4.78 is 6.87. The van der Waals surface area contributed by atoms with Crippen molar-refractivity contribution in [3.05, 3.63) is 17.5 Å². The average Bonchev–Trinajstić information content (AvgIpc) is 2.78. The maximum atomic E-state index is 12.0. The van der Waals surface area contributed by atoms with E-state index in [2.05, 4.69) is 10.00 Å². The molecule has 1 N–H and O–H groups in total. The molecular formula is C15H24N4O4. The van der Waals surface area contributed by atoms with Crippen LogP contribution in [-0.2, 0) is 18.3 Å². The standard InChI is InChI=1S/C15H24N4O4/c1-15(2,3)23-14(22)19-7-5-18(6-8-19)10-11-9-17(4)16-12(11)13(20)21/h9H,5-8,10H2,1-4H3,(H,20,21). The van der Waals surface area contributed by atoms with Crippen LogP contribution < -0.4 is 0 Å². The van der Waals surface area contributed by atoms with Gasteiger partial charge in [-0.2, -0.15) is 5.10 Å². The zero-order valence-electron chi connectivity index (χ0n) is 14.1. The lowest BCUT2D eigenvalue weighted by Crippen LogP contribution is -2.49. The second-order valence-electron chi connectivity index (χ2n) is 6.73. The van der Waals surface area contributed by atoms with Crippen LogP contribution in [0.1, 0.15) is 36.8 Å². The molecule has 1 aliphatic rings. The highest BCUT2D eigenvalue weighted by molar-refractivity contribution is 5.86. The quantitative estimate of drug-likeness (QED) is 0.898. The fourth-order valence-corrected chi connectivity index (χ4v) is 2.49. The fourth-order valence-electron chi connectivity index (χ4n) is 2.49. The molecular weight excluding hydrogens is 300 g/mol. The van der Waals surface area contributed by atoms with E-state index in [0.29, 0.717) is 38.3 Å². The molecule has 1 aromatic heterocycles. The molecule has 2 heterocycles. The number of amides is 1. The first kappa shape index (κ1) is 17.3. The van der Waals surface area contributed by atoms with Gasteiger partial charge in [0.1, 0.15) is 5.60 Å².